The number of hydrogen-bond acceptors (Lipinski definition) is 6. The van der Waals surface area contributed by atoms with Crippen molar-refractivity contribution in [1.82, 2.24) is 4.90 Å². The molecule has 1 amide bonds. The fraction of sp³-hybridized carbons (Fsp3) is 0.312. The maximum atomic E-state index is 11.9. The molecular formula is C16H16N2O4S. The van der Waals surface area contributed by atoms with E-state index in [1.165, 1.54) is 22.7 Å². The third-order valence-electron chi connectivity index (χ3n) is 3.02. The lowest BCUT2D eigenvalue weighted by Crippen LogP contribution is -2.29. The molecule has 1 aromatic rings. The first kappa shape index (κ1) is 16.9. The first-order valence-electron chi connectivity index (χ1n) is 7.09. The number of carbonyl (C=O) groups is 2. The van der Waals surface area contributed by atoms with Crippen molar-refractivity contribution in [1.29, 1.82) is 5.26 Å². The van der Waals surface area contributed by atoms with E-state index in [4.69, 9.17) is 14.7 Å². The number of carbonyl (C=O) groups excluding carboxylic acids is 2. The third-order valence-corrected chi connectivity index (χ3v) is 4.04. The van der Waals surface area contributed by atoms with E-state index >= 15 is 0 Å². The van der Waals surface area contributed by atoms with Gasteiger partial charge in [-0.3, -0.25) is 4.79 Å². The summed E-state index contributed by atoms with van der Waals surface area (Å²) in [6.45, 7) is 2.54. The normalized spacial score (nSPS) is 15.6. The van der Waals surface area contributed by atoms with Crippen LogP contribution in [0.4, 0.5) is 0 Å². The molecule has 1 saturated heterocycles. The summed E-state index contributed by atoms with van der Waals surface area (Å²) in [6, 6.07) is 8.95. The lowest BCUT2D eigenvalue weighted by molar-refractivity contribution is -0.137. The molecule has 6 nitrogen and oxygen atoms in total. The van der Waals surface area contributed by atoms with Gasteiger partial charge in [-0.2, -0.15) is 5.26 Å². The topological polar surface area (TPSA) is 79.6 Å². The van der Waals surface area contributed by atoms with Gasteiger partial charge in [0, 0.05) is 0 Å². The minimum Gasteiger partial charge on any atom is -0.490 e. The largest absolute Gasteiger partial charge is 0.490 e. The molecule has 1 aliphatic rings. The van der Waals surface area contributed by atoms with Crippen LogP contribution >= 0.6 is 11.8 Å². The number of hydrogen-bond donors (Lipinski definition) is 0. The summed E-state index contributed by atoms with van der Waals surface area (Å²) in [6.07, 6.45) is 1.32. The van der Waals surface area contributed by atoms with Crippen LogP contribution in [0.25, 0.3) is 0 Å². The standard InChI is InChI=1S/C16H16N2O4S/c1-2-21-16(20)9-15-18(14(19)11-23-15)7-8-22-13-6-4-3-5-12(13)10-17/h3-6,9H,2,7-8,11H2,1H3. The van der Waals surface area contributed by atoms with Gasteiger partial charge >= 0.3 is 5.97 Å². The van der Waals surface area contributed by atoms with Gasteiger partial charge in [0.25, 0.3) is 0 Å². The number of amides is 1. The molecule has 1 fully saturated rings. The van der Waals surface area contributed by atoms with Crippen LogP contribution < -0.4 is 4.74 Å². The highest BCUT2D eigenvalue weighted by Crippen LogP contribution is 2.28. The summed E-state index contributed by atoms with van der Waals surface area (Å²) in [7, 11) is 0. The second kappa shape index (κ2) is 8.25. The Hall–Kier alpha value is -2.46. The van der Waals surface area contributed by atoms with Crippen LogP contribution in [0.1, 0.15) is 12.5 Å². The van der Waals surface area contributed by atoms with Crippen LogP contribution in [0.2, 0.25) is 0 Å². The Kier molecular flexibility index (Phi) is 6.06. The second-order valence-corrected chi connectivity index (χ2v) is 5.52. The Balaban J connectivity index is 1.96. The third kappa shape index (κ3) is 4.50. The van der Waals surface area contributed by atoms with Gasteiger partial charge < -0.3 is 14.4 Å². The summed E-state index contributed by atoms with van der Waals surface area (Å²) in [5, 5.41) is 9.57. The number of nitrogens with zero attached hydrogens (tertiary/aromatic N) is 2. The molecule has 0 unspecified atom stereocenters. The highest BCUT2D eigenvalue weighted by Gasteiger charge is 2.27. The maximum absolute atomic E-state index is 11.9. The Morgan fingerprint density at radius 1 is 1.48 bits per heavy atom. The molecule has 0 bridgehead atoms. The molecule has 2 rings (SSSR count). The predicted octanol–water partition coefficient (Wildman–Crippen LogP) is 1.92. The Morgan fingerprint density at radius 3 is 3.00 bits per heavy atom. The number of nitriles is 1. The molecule has 1 aromatic carbocycles. The SMILES string of the molecule is CCOC(=O)C=C1SCC(=O)N1CCOc1ccccc1C#N. The first-order chi connectivity index (χ1) is 11.2. The van der Waals surface area contributed by atoms with Crippen molar-refractivity contribution in [2.75, 3.05) is 25.5 Å². The quantitative estimate of drug-likeness (QED) is 0.585. The van der Waals surface area contributed by atoms with Gasteiger partial charge in [-0.15, -0.1) is 0 Å². The van der Waals surface area contributed by atoms with E-state index < -0.39 is 5.97 Å². The fourth-order valence-corrected chi connectivity index (χ4v) is 2.94. The Labute approximate surface area is 138 Å². The van der Waals surface area contributed by atoms with E-state index in [0.29, 0.717) is 28.6 Å². The molecule has 120 valence electrons. The van der Waals surface area contributed by atoms with Gasteiger partial charge in [0.1, 0.15) is 18.4 Å². The van der Waals surface area contributed by atoms with Gasteiger partial charge in [0.05, 0.1) is 35.6 Å². The lowest BCUT2D eigenvalue weighted by Gasteiger charge is -2.17. The molecule has 1 aliphatic heterocycles. The van der Waals surface area contributed by atoms with E-state index in [0.717, 1.165) is 0 Å². The Bertz CT molecular complexity index is 666. The zero-order valence-electron chi connectivity index (χ0n) is 12.7. The van der Waals surface area contributed by atoms with Crippen LogP contribution in [0, 0.1) is 11.3 Å². The van der Waals surface area contributed by atoms with Gasteiger partial charge in [0.2, 0.25) is 5.91 Å². The molecule has 1 heterocycles. The molecule has 0 saturated carbocycles. The number of rotatable bonds is 6. The van der Waals surface area contributed by atoms with Crippen LogP contribution in [-0.2, 0) is 14.3 Å². The van der Waals surface area contributed by atoms with Gasteiger partial charge in [-0.25, -0.2) is 4.79 Å². The number of para-hydroxylation sites is 1. The van der Waals surface area contributed by atoms with E-state index in [-0.39, 0.29) is 19.1 Å². The number of thioether (sulfide) groups is 1. The smallest absolute Gasteiger partial charge is 0.333 e. The van der Waals surface area contributed by atoms with E-state index in [1.807, 2.05) is 6.07 Å². The van der Waals surface area contributed by atoms with Crippen LogP contribution in [0.3, 0.4) is 0 Å². The zero-order chi connectivity index (χ0) is 16.7. The minimum absolute atomic E-state index is 0.0808. The summed E-state index contributed by atoms with van der Waals surface area (Å²) >= 11 is 1.30. The van der Waals surface area contributed by atoms with Crippen molar-refractivity contribution in [2.24, 2.45) is 0 Å². The summed E-state index contributed by atoms with van der Waals surface area (Å²) in [4.78, 5) is 24.9. The van der Waals surface area contributed by atoms with Crippen molar-refractivity contribution in [3.05, 3.63) is 40.9 Å². The molecule has 7 heteroatoms. The zero-order valence-corrected chi connectivity index (χ0v) is 13.5. The molecule has 0 aliphatic carbocycles. The molecule has 0 N–H and O–H groups in total. The van der Waals surface area contributed by atoms with E-state index in [1.54, 1.807) is 31.2 Å². The summed E-state index contributed by atoms with van der Waals surface area (Å²) in [5.74, 6) is 0.221. The monoisotopic (exact) mass is 332 g/mol. The lowest BCUT2D eigenvalue weighted by atomic mass is 10.2. The molecular weight excluding hydrogens is 316 g/mol. The molecule has 0 atom stereocenters. The predicted molar refractivity (Wildman–Crippen MR) is 85.5 cm³/mol. The fourth-order valence-electron chi connectivity index (χ4n) is 1.99. The van der Waals surface area contributed by atoms with Gasteiger partial charge in [0.15, 0.2) is 0 Å². The highest BCUT2D eigenvalue weighted by atomic mass is 32.2. The van der Waals surface area contributed by atoms with E-state index in [2.05, 4.69) is 0 Å². The van der Waals surface area contributed by atoms with E-state index in [9.17, 15) is 9.59 Å². The average molecular weight is 332 g/mol. The second-order valence-electron chi connectivity index (χ2n) is 4.53. The highest BCUT2D eigenvalue weighted by molar-refractivity contribution is 8.04. The number of esters is 1. The van der Waals surface area contributed by atoms with Crippen molar-refractivity contribution < 1.29 is 19.1 Å². The molecule has 0 radical (unpaired) electrons. The summed E-state index contributed by atoms with van der Waals surface area (Å²) in [5.41, 5.74) is 0.442. The molecule has 23 heavy (non-hydrogen) atoms. The average Bonchev–Trinajstić information content (AvgIpc) is 2.88. The van der Waals surface area contributed by atoms with Gasteiger partial charge in [-0.1, -0.05) is 23.9 Å². The minimum atomic E-state index is -0.467. The van der Waals surface area contributed by atoms with Crippen molar-refractivity contribution >= 4 is 23.6 Å². The number of benzene rings is 1. The molecule has 0 aromatic heterocycles. The Morgan fingerprint density at radius 2 is 2.26 bits per heavy atom. The van der Waals surface area contributed by atoms with Crippen molar-refractivity contribution in [3.8, 4) is 11.8 Å². The number of ether oxygens (including phenoxy) is 2. The van der Waals surface area contributed by atoms with Crippen molar-refractivity contribution in [2.45, 2.75) is 6.92 Å². The summed E-state index contributed by atoms with van der Waals surface area (Å²) < 4.78 is 10.4. The first-order valence-corrected chi connectivity index (χ1v) is 8.07. The maximum Gasteiger partial charge on any atom is 0.333 e. The van der Waals surface area contributed by atoms with Gasteiger partial charge in [-0.05, 0) is 19.1 Å². The van der Waals surface area contributed by atoms with Crippen LogP contribution in [0.5, 0.6) is 5.75 Å². The molecule has 0 spiro atoms. The van der Waals surface area contributed by atoms with Crippen LogP contribution in [-0.4, -0.2) is 42.3 Å². The van der Waals surface area contributed by atoms with Crippen LogP contribution in [0.15, 0.2) is 35.4 Å². The van der Waals surface area contributed by atoms with Crippen molar-refractivity contribution in [3.63, 3.8) is 0 Å².